The Hall–Kier alpha value is -2.37. The van der Waals surface area contributed by atoms with Gasteiger partial charge in [-0.05, 0) is 38.5 Å². The molecule has 0 bridgehead atoms. The number of nitro groups is 1. The van der Waals surface area contributed by atoms with Crippen LogP contribution in [0.25, 0.3) is 6.08 Å². The number of rotatable bonds is 7. The fourth-order valence-corrected chi connectivity index (χ4v) is 2.11. The minimum atomic E-state index is -1.14. The molecule has 0 spiro atoms. The second-order valence-corrected chi connectivity index (χ2v) is 4.96. The molecular formula is C15H20N2O4. The van der Waals surface area contributed by atoms with E-state index in [1.165, 1.54) is 12.1 Å². The number of nitrogens with zero attached hydrogens (tertiary/aromatic N) is 2. The highest BCUT2D eigenvalue weighted by atomic mass is 16.6. The molecule has 0 aliphatic heterocycles. The molecule has 0 aromatic heterocycles. The van der Waals surface area contributed by atoms with E-state index in [4.69, 9.17) is 5.11 Å². The van der Waals surface area contributed by atoms with E-state index in [0.29, 0.717) is 5.56 Å². The molecule has 0 atom stereocenters. The lowest BCUT2D eigenvalue weighted by molar-refractivity contribution is -0.385. The fraction of sp³-hybridized carbons (Fsp3) is 0.400. The minimum absolute atomic E-state index is 0.101. The first-order valence-corrected chi connectivity index (χ1v) is 6.83. The van der Waals surface area contributed by atoms with Crippen LogP contribution >= 0.6 is 0 Å². The Labute approximate surface area is 123 Å². The number of carboxylic acids is 1. The van der Waals surface area contributed by atoms with E-state index in [-0.39, 0.29) is 11.7 Å². The van der Waals surface area contributed by atoms with Crippen molar-refractivity contribution in [3.63, 3.8) is 0 Å². The standard InChI is InChI=1S/C15H20N2O4/c1-4-9-16(11(2)3)13-6-7-14(17(20)21)12(10-13)5-8-15(18)19/h5-8,10-11H,4,9H2,1-3H3,(H,18,19)/b8-5+. The summed E-state index contributed by atoms with van der Waals surface area (Å²) in [5.74, 6) is -1.14. The summed E-state index contributed by atoms with van der Waals surface area (Å²) in [6, 6.07) is 5.03. The van der Waals surface area contributed by atoms with Crippen molar-refractivity contribution in [3.05, 3.63) is 40.0 Å². The van der Waals surface area contributed by atoms with Crippen molar-refractivity contribution in [2.45, 2.75) is 33.2 Å². The molecule has 0 saturated heterocycles. The molecule has 21 heavy (non-hydrogen) atoms. The van der Waals surface area contributed by atoms with E-state index in [9.17, 15) is 14.9 Å². The molecule has 1 rings (SSSR count). The van der Waals surface area contributed by atoms with Gasteiger partial charge in [0.2, 0.25) is 0 Å². The predicted molar refractivity (Wildman–Crippen MR) is 82.5 cm³/mol. The molecule has 114 valence electrons. The summed E-state index contributed by atoms with van der Waals surface area (Å²) in [6.45, 7) is 6.98. The molecule has 0 radical (unpaired) electrons. The Bertz CT molecular complexity index is 553. The van der Waals surface area contributed by atoms with Crippen LogP contribution in [-0.4, -0.2) is 28.6 Å². The number of hydrogen-bond donors (Lipinski definition) is 1. The van der Waals surface area contributed by atoms with Gasteiger partial charge in [-0.1, -0.05) is 6.92 Å². The number of anilines is 1. The molecule has 0 unspecified atom stereocenters. The van der Waals surface area contributed by atoms with E-state index in [0.717, 1.165) is 24.7 Å². The first-order chi connectivity index (χ1) is 9.86. The van der Waals surface area contributed by atoms with Gasteiger partial charge >= 0.3 is 5.97 Å². The number of carbonyl (C=O) groups is 1. The average Bonchev–Trinajstić information content (AvgIpc) is 2.41. The van der Waals surface area contributed by atoms with Crippen LogP contribution < -0.4 is 4.90 Å². The summed E-state index contributed by atoms with van der Waals surface area (Å²) < 4.78 is 0. The number of hydrogen-bond acceptors (Lipinski definition) is 4. The van der Waals surface area contributed by atoms with Gasteiger partial charge < -0.3 is 10.0 Å². The lowest BCUT2D eigenvalue weighted by Crippen LogP contribution is -2.31. The van der Waals surface area contributed by atoms with E-state index in [1.807, 2.05) is 13.8 Å². The summed E-state index contributed by atoms with van der Waals surface area (Å²) in [4.78, 5) is 23.3. The Kier molecular flexibility index (Phi) is 5.90. The summed E-state index contributed by atoms with van der Waals surface area (Å²) in [5.41, 5.74) is 1.04. The van der Waals surface area contributed by atoms with Crippen LogP contribution in [0.3, 0.4) is 0 Å². The van der Waals surface area contributed by atoms with Gasteiger partial charge in [0.05, 0.1) is 10.5 Å². The smallest absolute Gasteiger partial charge is 0.328 e. The van der Waals surface area contributed by atoms with Gasteiger partial charge in [-0.15, -0.1) is 0 Å². The van der Waals surface area contributed by atoms with Crippen LogP contribution in [0.15, 0.2) is 24.3 Å². The van der Waals surface area contributed by atoms with Crippen LogP contribution in [0, 0.1) is 10.1 Å². The molecule has 1 aromatic carbocycles. The summed E-state index contributed by atoms with van der Waals surface area (Å²) in [7, 11) is 0. The van der Waals surface area contributed by atoms with Crippen molar-refractivity contribution >= 4 is 23.4 Å². The largest absolute Gasteiger partial charge is 0.478 e. The SMILES string of the molecule is CCCN(c1ccc([N+](=O)[O-])c(/C=C/C(=O)O)c1)C(C)C. The number of nitro benzene ring substituents is 1. The summed E-state index contributed by atoms with van der Waals surface area (Å²) in [5, 5.41) is 19.7. The molecule has 0 aliphatic carbocycles. The average molecular weight is 292 g/mol. The fourth-order valence-electron chi connectivity index (χ4n) is 2.11. The molecule has 6 nitrogen and oxygen atoms in total. The first kappa shape index (κ1) is 16.7. The molecule has 1 N–H and O–H groups in total. The molecule has 1 aromatic rings. The molecule has 0 heterocycles. The van der Waals surface area contributed by atoms with Gasteiger partial charge in [0, 0.05) is 30.4 Å². The zero-order valence-corrected chi connectivity index (χ0v) is 12.4. The maximum absolute atomic E-state index is 11.0. The van der Waals surface area contributed by atoms with Gasteiger partial charge in [-0.25, -0.2) is 4.79 Å². The Balaban J connectivity index is 3.28. The van der Waals surface area contributed by atoms with Crippen LogP contribution in [-0.2, 0) is 4.79 Å². The van der Waals surface area contributed by atoms with Crippen molar-refractivity contribution < 1.29 is 14.8 Å². The van der Waals surface area contributed by atoms with Crippen LogP contribution in [0.4, 0.5) is 11.4 Å². The summed E-state index contributed by atoms with van der Waals surface area (Å²) in [6.07, 6.45) is 3.12. The molecule has 0 aliphatic rings. The predicted octanol–water partition coefficient (Wildman–Crippen LogP) is 3.32. The van der Waals surface area contributed by atoms with E-state index < -0.39 is 10.9 Å². The highest BCUT2D eigenvalue weighted by molar-refractivity contribution is 5.86. The van der Waals surface area contributed by atoms with Crippen molar-refractivity contribution in [2.24, 2.45) is 0 Å². The number of aliphatic carboxylic acids is 1. The monoisotopic (exact) mass is 292 g/mol. The van der Waals surface area contributed by atoms with E-state index in [2.05, 4.69) is 11.8 Å². The maximum Gasteiger partial charge on any atom is 0.328 e. The third-order valence-corrected chi connectivity index (χ3v) is 3.03. The van der Waals surface area contributed by atoms with Crippen LogP contribution in [0.1, 0.15) is 32.8 Å². The topological polar surface area (TPSA) is 83.7 Å². The van der Waals surface area contributed by atoms with Gasteiger partial charge in [0.1, 0.15) is 0 Å². The Morgan fingerprint density at radius 3 is 2.62 bits per heavy atom. The van der Waals surface area contributed by atoms with Gasteiger partial charge in [-0.3, -0.25) is 10.1 Å². The highest BCUT2D eigenvalue weighted by Crippen LogP contribution is 2.27. The first-order valence-electron chi connectivity index (χ1n) is 6.83. The number of benzene rings is 1. The van der Waals surface area contributed by atoms with Crippen molar-refractivity contribution in [1.29, 1.82) is 0 Å². The quantitative estimate of drug-likeness (QED) is 0.473. The lowest BCUT2D eigenvalue weighted by Gasteiger charge is -2.28. The second kappa shape index (κ2) is 7.42. The Morgan fingerprint density at radius 1 is 1.48 bits per heavy atom. The van der Waals surface area contributed by atoms with Crippen molar-refractivity contribution in [2.75, 3.05) is 11.4 Å². The molecular weight excluding hydrogens is 272 g/mol. The van der Waals surface area contributed by atoms with Crippen molar-refractivity contribution in [1.82, 2.24) is 0 Å². The van der Waals surface area contributed by atoms with Crippen molar-refractivity contribution in [3.8, 4) is 0 Å². The molecule has 0 saturated carbocycles. The molecule has 0 fully saturated rings. The number of carboxylic acid groups (broad SMARTS) is 1. The Morgan fingerprint density at radius 2 is 2.14 bits per heavy atom. The zero-order valence-electron chi connectivity index (χ0n) is 12.4. The second-order valence-electron chi connectivity index (χ2n) is 4.96. The minimum Gasteiger partial charge on any atom is -0.478 e. The van der Waals surface area contributed by atoms with Gasteiger partial charge in [0.25, 0.3) is 5.69 Å². The molecule has 6 heteroatoms. The third kappa shape index (κ3) is 4.59. The van der Waals surface area contributed by atoms with E-state index in [1.54, 1.807) is 12.1 Å². The van der Waals surface area contributed by atoms with Crippen LogP contribution in [0.5, 0.6) is 0 Å². The third-order valence-electron chi connectivity index (χ3n) is 3.03. The lowest BCUT2D eigenvalue weighted by atomic mass is 10.1. The normalized spacial score (nSPS) is 11.0. The van der Waals surface area contributed by atoms with Gasteiger partial charge in [0.15, 0.2) is 0 Å². The zero-order chi connectivity index (χ0) is 16.0. The van der Waals surface area contributed by atoms with Gasteiger partial charge in [-0.2, -0.15) is 0 Å². The summed E-state index contributed by atoms with van der Waals surface area (Å²) >= 11 is 0. The molecule has 0 amide bonds. The maximum atomic E-state index is 11.0. The highest BCUT2D eigenvalue weighted by Gasteiger charge is 2.16. The van der Waals surface area contributed by atoms with Crippen LogP contribution in [0.2, 0.25) is 0 Å². The van der Waals surface area contributed by atoms with E-state index >= 15 is 0 Å².